The zero-order chi connectivity index (χ0) is 20.6. The molecule has 8 heteroatoms. The first-order valence-corrected chi connectivity index (χ1v) is 9.71. The van der Waals surface area contributed by atoms with E-state index in [0.29, 0.717) is 24.0 Å². The van der Waals surface area contributed by atoms with Gasteiger partial charge in [0.1, 0.15) is 5.82 Å². The van der Waals surface area contributed by atoms with Gasteiger partial charge in [-0.25, -0.2) is 4.98 Å². The van der Waals surface area contributed by atoms with Gasteiger partial charge in [0.2, 0.25) is 0 Å². The number of ether oxygens (including phenoxy) is 2. The molecule has 0 unspecified atom stereocenters. The van der Waals surface area contributed by atoms with E-state index in [0.717, 1.165) is 43.2 Å². The van der Waals surface area contributed by atoms with Crippen molar-refractivity contribution in [1.29, 1.82) is 0 Å². The maximum Gasteiger partial charge on any atom is 0.195 e. The molecule has 0 saturated carbocycles. The molecule has 3 rings (SSSR count). The van der Waals surface area contributed by atoms with Gasteiger partial charge >= 0.3 is 0 Å². The smallest absolute Gasteiger partial charge is 0.195 e. The van der Waals surface area contributed by atoms with E-state index in [1.807, 2.05) is 30.5 Å². The van der Waals surface area contributed by atoms with Crippen LogP contribution in [0.5, 0.6) is 11.5 Å². The number of rotatable bonds is 6. The lowest BCUT2D eigenvalue weighted by molar-refractivity contribution is 0.312. The minimum absolute atomic E-state index is 0.649. The maximum atomic E-state index is 5.36. The third kappa shape index (κ3) is 5.51. The summed E-state index contributed by atoms with van der Waals surface area (Å²) in [4.78, 5) is 13.5. The highest BCUT2D eigenvalue weighted by molar-refractivity contribution is 5.93. The molecule has 0 bridgehead atoms. The van der Waals surface area contributed by atoms with Crippen LogP contribution in [0.4, 0.5) is 11.5 Å². The van der Waals surface area contributed by atoms with Gasteiger partial charge in [-0.1, -0.05) is 0 Å². The SMILES string of the molecule is CN=C(NCc1ccnc(N2CCN(C)CC2)c1)Nc1ccc(OC)c(OC)c1. The number of guanidine groups is 1. The van der Waals surface area contributed by atoms with Crippen molar-refractivity contribution >= 4 is 17.5 Å². The van der Waals surface area contributed by atoms with Crippen LogP contribution in [0.25, 0.3) is 0 Å². The molecule has 0 amide bonds. The normalized spacial score (nSPS) is 15.2. The number of methoxy groups -OCH3 is 2. The molecular formula is C21H30N6O2. The van der Waals surface area contributed by atoms with Crippen LogP contribution in [-0.4, -0.2) is 70.3 Å². The molecule has 0 radical (unpaired) electrons. The summed E-state index contributed by atoms with van der Waals surface area (Å²) in [5, 5.41) is 6.63. The van der Waals surface area contributed by atoms with Gasteiger partial charge in [0.15, 0.2) is 17.5 Å². The molecule has 29 heavy (non-hydrogen) atoms. The highest BCUT2D eigenvalue weighted by Crippen LogP contribution is 2.29. The van der Waals surface area contributed by atoms with E-state index in [4.69, 9.17) is 9.47 Å². The Morgan fingerprint density at radius 2 is 1.83 bits per heavy atom. The Kier molecular flexibility index (Phi) is 7.13. The molecule has 1 aliphatic rings. The second-order valence-corrected chi connectivity index (χ2v) is 6.93. The second kappa shape index (κ2) is 9.97. The summed E-state index contributed by atoms with van der Waals surface area (Å²) in [5.74, 6) is 3.06. The zero-order valence-electron chi connectivity index (χ0n) is 17.6. The van der Waals surface area contributed by atoms with Crippen LogP contribution >= 0.6 is 0 Å². The van der Waals surface area contributed by atoms with Crippen LogP contribution in [-0.2, 0) is 6.54 Å². The molecule has 8 nitrogen and oxygen atoms in total. The molecule has 0 atom stereocenters. The van der Waals surface area contributed by atoms with Crippen LogP contribution in [0.2, 0.25) is 0 Å². The first-order valence-electron chi connectivity index (χ1n) is 9.71. The predicted octanol–water partition coefficient (Wildman–Crippen LogP) is 2.04. The third-order valence-corrected chi connectivity index (χ3v) is 4.97. The Balaban J connectivity index is 1.60. The highest BCUT2D eigenvalue weighted by Gasteiger charge is 2.15. The first-order chi connectivity index (χ1) is 14.1. The number of aliphatic imine (C=N–C) groups is 1. The minimum Gasteiger partial charge on any atom is -0.493 e. The molecule has 1 aromatic heterocycles. The quantitative estimate of drug-likeness (QED) is 0.570. The molecule has 0 aliphatic carbocycles. The summed E-state index contributed by atoms with van der Waals surface area (Å²) in [7, 11) is 7.15. The summed E-state index contributed by atoms with van der Waals surface area (Å²) in [5.41, 5.74) is 2.02. The number of hydrogen-bond donors (Lipinski definition) is 2. The summed E-state index contributed by atoms with van der Waals surface area (Å²) in [6.07, 6.45) is 1.87. The number of likely N-dealkylation sites (N-methyl/N-ethyl adjacent to an activating group) is 1. The summed E-state index contributed by atoms with van der Waals surface area (Å²) >= 11 is 0. The van der Waals surface area contributed by atoms with E-state index in [1.54, 1.807) is 21.3 Å². The number of pyridine rings is 1. The fraction of sp³-hybridized carbons (Fsp3) is 0.429. The lowest BCUT2D eigenvalue weighted by Crippen LogP contribution is -2.44. The van der Waals surface area contributed by atoms with Crippen LogP contribution in [0.3, 0.4) is 0 Å². The Labute approximate surface area is 172 Å². The van der Waals surface area contributed by atoms with Crippen molar-refractivity contribution in [1.82, 2.24) is 15.2 Å². The second-order valence-electron chi connectivity index (χ2n) is 6.93. The van der Waals surface area contributed by atoms with Gasteiger partial charge in [0, 0.05) is 57.7 Å². The lowest BCUT2D eigenvalue weighted by Gasteiger charge is -2.33. The van der Waals surface area contributed by atoms with Gasteiger partial charge in [0.05, 0.1) is 14.2 Å². The predicted molar refractivity (Wildman–Crippen MR) is 117 cm³/mol. The minimum atomic E-state index is 0.649. The van der Waals surface area contributed by atoms with Crippen LogP contribution < -0.4 is 25.0 Å². The topological polar surface area (TPSA) is 74.3 Å². The number of nitrogens with zero attached hydrogens (tertiary/aromatic N) is 4. The Morgan fingerprint density at radius 3 is 2.52 bits per heavy atom. The van der Waals surface area contributed by atoms with Gasteiger partial charge in [-0.3, -0.25) is 4.99 Å². The zero-order valence-corrected chi connectivity index (χ0v) is 17.6. The van der Waals surface area contributed by atoms with E-state index in [9.17, 15) is 0 Å². The monoisotopic (exact) mass is 398 g/mol. The molecule has 1 saturated heterocycles. The fourth-order valence-corrected chi connectivity index (χ4v) is 3.19. The molecule has 1 aromatic carbocycles. The van der Waals surface area contributed by atoms with Crippen molar-refractivity contribution in [3.8, 4) is 11.5 Å². The number of anilines is 2. The molecule has 1 fully saturated rings. The van der Waals surface area contributed by atoms with Crippen LogP contribution in [0, 0.1) is 0 Å². The van der Waals surface area contributed by atoms with E-state index in [1.165, 1.54) is 0 Å². The van der Waals surface area contributed by atoms with Crippen molar-refractivity contribution < 1.29 is 9.47 Å². The summed E-state index contributed by atoms with van der Waals surface area (Å²) in [6, 6.07) is 9.83. The van der Waals surface area contributed by atoms with Gasteiger partial charge in [0.25, 0.3) is 0 Å². The Morgan fingerprint density at radius 1 is 1.07 bits per heavy atom. The first kappa shape index (κ1) is 20.7. The summed E-state index contributed by atoms with van der Waals surface area (Å²) < 4.78 is 10.6. The lowest BCUT2D eigenvalue weighted by atomic mass is 10.2. The average molecular weight is 399 g/mol. The molecular weight excluding hydrogens is 368 g/mol. The largest absolute Gasteiger partial charge is 0.493 e. The standard InChI is InChI=1S/C21H30N6O2/c1-22-21(25-17-5-6-18(28-3)19(14-17)29-4)24-15-16-7-8-23-20(13-16)27-11-9-26(2)10-12-27/h5-8,13-14H,9-12,15H2,1-4H3,(H2,22,24,25). The number of piperazine rings is 1. The Hall–Kier alpha value is -3.00. The highest BCUT2D eigenvalue weighted by atomic mass is 16.5. The number of aromatic nitrogens is 1. The molecule has 0 spiro atoms. The van der Waals surface area contributed by atoms with Crippen LogP contribution in [0.15, 0.2) is 41.5 Å². The van der Waals surface area contributed by atoms with E-state index in [-0.39, 0.29) is 0 Å². The van der Waals surface area contributed by atoms with Gasteiger partial charge in [-0.2, -0.15) is 0 Å². The van der Waals surface area contributed by atoms with E-state index < -0.39 is 0 Å². The van der Waals surface area contributed by atoms with E-state index in [2.05, 4.69) is 43.5 Å². The van der Waals surface area contributed by atoms with Gasteiger partial charge < -0.3 is 29.9 Å². The average Bonchev–Trinajstić information content (AvgIpc) is 2.77. The molecule has 2 N–H and O–H groups in total. The Bertz CT molecular complexity index is 834. The number of hydrogen-bond acceptors (Lipinski definition) is 6. The van der Waals surface area contributed by atoms with Crippen molar-refractivity contribution in [2.24, 2.45) is 4.99 Å². The number of nitrogens with one attached hydrogen (secondary N) is 2. The van der Waals surface area contributed by atoms with Crippen molar-refractivity contribution in [2.45, 2.75) is 6.54 Å². The van der Waals surface area contributed by atoms with Crippen LogP contribution in [0.1, 0.15) is 5.56 Å². The fourth-order valence-electron chi connectivity index (χ4n) is 3.19. The van der Waals surface area contributed by atoms with Crippen molar-refractivity contribution in [3.63, 3.8) is 0 Å². The number of benzene rings is 1. The van der Waals surface area contributed by atoms with Crippen molar-refractivity contribution in [2.75, 3.05) is 64.7 Å². The third-order valence-electron chi connectivity index (χ3n) is 4.97. The molecule has 156 valence electrons. The molecule has 1 aliphatic heterocycles. The van der Waals surface area contributed by atoms with Gasteiger partial charge in [-0.15, -0.1) is 0 Å². The van der Waals surface area contributed by atoms with Crippen molar-refractivity contribution in [3.05, 3.63) is 42.1 Å². The molecule has 2 aromatic rings. The molecule has 2 heterocycles. The summed E-state index contributed by atoms with van der Waals surface area (Å²) in [6.45, 7) is 4.78. The van der Waals surface area contributed by atoms with Gasteiger partial charge in [-0.05, 0) is 36.9 Å². The maximum absolute atomic E-state index is 5.36. The van der Waals surface area contributed by atoms with E-state index >= 15 is 0 Å².